The van der Waals surface area contributed by atoms with Gasteiger partial charge < -0.3 is 15.3 Å². The van der Waals surface area contributed by atoms with Crippen molar-refractivity contribution in [2.24, 2.45) is 5.41 Å². The molecule has 4 heteroatoms. The summed E-state index contributed by atoms with van der Waals surface area (Å²) < 4.78 is 0. The highest BCUT2D eigenvalue weighted by Crippen LogP contribution is 2.40. The van der Waals surface area contributed by atoms with Crippen molar-refractivity contribution in [2.45, 2.75) is 45.4 Å². The van der Waals surface area contributed by atoms with Gasteiger partial charge >= 0.3 is 0 Å². The van der Waals surface area contributed by atoms with Gasteiger partial charge in [-0.15, -0.1) is 0 Å². The standard InChI is InChI=1S/C11H22N2O2/c1-7(10(15)13(4)5)12-8-6-9(14)11(8,2)3/h7-9,12,14H,6H2,1-5H3. The van der Waals surface area contributed by atoms with Crippen molar-refractivity contribution in [1.29, 1.82) is 0 Å². The molecule has 1 aliphatic carbocycles. The molecule has 88 valence electrons. The van der Waals surface area contributed by atoms with E-state index in [1.54, 1.807) is 19.0 Å². The number of carbonyl (C=O) groups excluding carboxylic acids is 1. The Bertz CT molecular complexity index is 251. The van der Waals surface area contributed by atoms with Crippen LogP contribution in [0.1, 0.15) is 27.2 Å². The second-order valence-corrected chi connectivity index (χ2v) is 5.25. The van der Waals surface area contributed by atoms with Crippen LogP contribution in [-0.4, -0.2) is 48.2 Å². The zero-order chi connectivity index (χ0) is 11.8. The van der Waals surface area contributed by atoms with E-state index in [1.807, 2.05) is 20.8 Å². The zero-order valence-electron chi connectivity index (χ0n) is 10.2. The molecule has 3 unspecified atom stereocenters. The summed E-state index contributed by atoms with van der Waals surface area (Å²) >= 11 is 0. The van der Waals surface area contributed by atoms with E-state index in [9.17, 15) is 9.90 Å². The Kier molecular flexibility index (Phi) is 3.41. The molecule has 0 aromatic rings. The molecule has 1 amide bonds. The summed E-state index contributed by atoms with van der Waals surface area (Å²) in [5.41, 5.74) is -0.124. The molecule has 4 nitrogen and oxygen atoms in total. The quantitative estimate of drug-likeness (QED) is 0.706. The molecule has 0 aromatic carbocycles. The van der Waals surface area contributed by atoms with Crippen LogP contribution < -0.4 is 5.32 Å². The predicted molar refractivity (Wildman–Crippen MR) is 59.5 cm³/mol. The maximum atomic E-state index is 11.6. The Labute approximate surface area is 91.6 Å². The van der Waals surface area contributed by atoms with Gasteiger partial charge in [0.05, 0.1) is 12.1 Å². The minimum absolute atomic E-state index is 0.0761. The second-order valence-electron chi connectivity index (χ2n) is 5.25. The number of amides is 1. The third-order valence-corrected chi connectivity index (χ3v) is 3.48. The van der Waals surface area contributed by atoms with E-state index in [0.29, 0.717) is 0 Å². The molecule has 0 saturated heterocycles. The first-order valence-electron chi connectivity index (χ1n) is 5.42. The number of hydrogen-bond donors (Lipinski definition) is 2. The van der Waals surface area contributed by atoms with Gasteiger partial charge in [-0.1, -0.05) is 13.8 Å². The molecule has 2 N–H and O–H groups in total. The van der Waals surface area contributed by atoms with Crippen molar-refractivity contribution < 1.29 is 9.90 Å². The summed E-state index contributed by atoms with van der Waals surface area (Å²) in [6.45, 7) is 5.90. The fraction of sp³-hybridized carbons (Fsp3) is 0.909. The zero-order valence-corrected chi connectivity index (χ0v) is 10.2. The Hall–Kier alpha value is -0.610. The summed E-state index contributed by atoms with van der Waals surface area (Å²) in [5.74, 6) is 0.0761. The monoisotopic (exact) mass is 214 g/mol. The molecule has 1 aliphatic rings. The number of nitrogens with one attached hydrogen (secondary N) is 1. The third-order valence-electron chi connectivity index (χ3n) is 3.48. The molecule has 15 heavy (non-hydrogen) atoms. The molecule has 0 bridgehead atoms. The van der Waals surface area contributed by atoms with E-state index in [-0.39, 0.29) is 29.5 Å². The van der Waals surface area contributed by atoms with E-state index in [0.717, 1.165) is 6.42 Å². The van der Waals surface area contributed by atoms with Crippen LogP contribution in [0.3, 0.4) is 0 Å². The van der Waals surface area contributed by atoms with E-state index in [4.69, 9.17) is 0 Å². The largest absolute Gasteiger partial charge is 0.392 e. The third kappa shape index (κ3) is 2.32. The number of aliphatic hydroxyl groups excluding tert-OH is 1. The molecule has 0 heterocycles. The van der Waals surface area contributed by atoms with Crippen LogP contribution in [0.25, 0.3) is 0 Å². The number of rotatable bonds is 3. The molecule has 3 atom stereocenters. The van der Waals surface area contributed by atoms with Gasteiger partial charge in [0.25, 0.3) is 0 Å². The number of likely N-dealkylation sites (N-methyl/N-ethyl adjacent to an activating group) is 1. The highest BCUT2D eigenvalue weighted by molar-refractivity contribution is 5.80. The normalized spacial score (nSPS) is 30.5. The van der Waals surface area contributed by atoms with E-state index >= 15 is 0 Å². The van der Waals surface area contributed by atoms with Crippen LogP contribution in [0.4, 0.5) is 0 Å². The molecule has 1 saturated carbocycles. The second kappa shape index (κ2) is 4.10. The van der Waals surface area contributed by atoms with Gasteiger partial charge in [-0.25, -0.2) is 0 Å². The number of carbonyl (C=O) groups is 1. The van der Waals surface area contributed by atoms with Gasteiger partial charge in [0.1, 0.15) is 0 Å². The van der Waals surface area contributed by atoms with Crippen molar-refractivity contribution in [3.8, 4) is 0 Å². The van der Waals surface area contributed by atoms with Gasteiger partial charge in [-0.3, -0.25) is 4.79 Å². The fourth-order valence-electron chi connectivity index (χ4n) is 1.95. The van der Waals surface area contributed by atoms with Gasteiger partial charge in [-0.05, 0) is 13.3 Å². The number of aliphatic hydroxyl groups is 1. The first kappa shape index (κ1) is 12.5. The SMILES string of the molecule is CC(NC1CC(O)C1(C)C)C(=O)N(C)C. The summed E-state index contributed by atoms with van der Waals surface area (Å²) in [4.78, 5) is 13.2. The van der Waals surface area contributed by atoms with E-state index < -0.39 is 0 Å². The van der Waals surface area contributed by atoms with Gasteiger partial charge in [-0.2, -0.15) is 0 Å². The molecule has 0 radical (unpaired) electrons. The Morgan fingerprint density at radius 3 is 2.40 bits per heavy atom. The number of hydrogen-bond acceptors (Lipinski definition) is 3. The summed E-state index contributed by atoms with van der Waals surface area (Å²) in [6, 6.07) is 0.0446. The van der Waals surface area contributed by atoms with Crippen LogP contribution in [-0.2, 0) is 4.79 Å². The molecular weight excluding hydrogens is 192 g/mol. The van der Waals surface area contributed by atoms with Gasteiger partial charge in [0, 0.05) is 25.6 Å². The molecule has 0 aliphatic heterocycles. The first-order chi connectivity index (χ1) is 6.76. The van der Waals surface area contributed by atoms with Crippen molar-refractivity contribution in [3.63, 3.8) is 0 Å². The highest BCUT2D eigenvalue weighted by Gasteiger charge is 2.47. The van der Waals surface area contributed by atoms with Crippen molar-refractivity contribution >= 4 is 5.91 Å². The average molecular weight is 214 g/mol. The highest BCUT2D eigenvalue weighted by atomic mass is 16.3. The Morgan fingerprint density at radius 1 is 1.53 bits per heavy atom. The Morgan fingerprint density at radius 2 is 2.07 bits per heavy atom. The van der Waals surface area contributed by atoms with Gasteiger partial charge in [0.2, 0.25) is 5.91 Å². The van der Waals surface area contributed by atoms with Crippen molar-refractivity contribution in [1.82, 2.24) is 10.2 Å². The lowest BCUT2D eigenvalue weighted by Crippen LogP contribution is -2.63. The topological polar surface area (TPSA) is 52.6 Å². The lowest BCUT2D eigenvalue weighted by atomic mass is 9.64. The van der Waals surface area contributed by atoms with Crippen LogP contribution in [0.15, 0.2) is 0 Å². The molecule has 0 spiro atoms. The maximum absolute atomic E-state index is 11.6. The smallest absolute Gasteiger partial charge is 0.238 e. The Balaban J connectivity index is 2.47. The lowest BCUT2D eigenvalue weighted by Gasteiger charge is -2.50. The van der Waals surface area contributed by atoms with Crippen molar-refractivity contribution in [3.05, 3.63) is 0 Å². The summed E-state index contributed by atoms with van der Waals surface area (Å²) in [7, 11) is 3.50. The summed E-state index contributed by atoms with van der Waals surface area (Å²) in [6.07, 6.45) is 0.481. The number of nitrogens with zero attached hydrogens (tertiary/aromatic N) is 1. The average Bonchev–Trinajstić information content (AvgIpc) is 2.15. The first-order valence-corrected chi connectivity index (χ1v) is 5.42. The van der Waals surface area contributed by atoms with Crippen LogP contribution in [0.5, 0.6) is 0 Å². The lowest BCUT2D eigenvalue weighted by molar-refractivity contribution is -0.133. The molecule has 1 rings (SSSR count). The van der Waals surface area contributed by atoms with E-state index in [2.05, 4.69) is 5.32 Å². The van der Waals surface area contributed by atoms with E-state index in [1.165, 1.54) is 0 Å². The molecular formula is C11H22N2O2. The molecule has 1 fully saturated rings. The maximum Gasteiger partial charge on any atom is 0.238 e. The van der Waals surface area contributed by atoms with Crippen LogP contribution in [0.2, 0.25) is 0 Å². The van der Waals surface area contributed by atoms with Crippen molar-refractivity contribution in [2.75, 3.05) is 14.1 Å². The fourth-order valence-corrected chi connectivity index (χ4v) is 1.95. The summed E-state index contributed by atoms with van der Waals surface area (Å²) in [5, 5.41) is 12.8. The minimum atomic E-state index is -0.253. The molecule has 0 aromatic heterocycles. The van der Waals surface area contributed by atoms with Crippen LogP contribution in [0, 0.1) is 5.41 Å². The van der Waals surface area contributed by atoms with Gasteiger partial charge in [0.15, 0.2) is 0 Å². The van der Waals surface area contributed by atoms with Crippen LogP contribution >= 0.6 is 0 Å². The minimum Gasteiger partial charge on any atom is -0.392 e. The predicted octanol–water partition coefficient (Wildman–Crippen LogP) is 0.212.